The van der Waals surface area contributed by atoms with Crippen molar-refractivity contribution in [2.24, 2.45) is 0 Å². The first-order chi connectivity index (χ1) is 9.84. The molecular weight excluding hydrogens is 258 g/mol. The number of nitrogen functional groups attached to an aromatic ring is 1. The Labute approximate surface area is 118 Å². The van der Waals surface area contributed by atoms with Crippen LogP contribution in [0.1, 0.15) is 12.8 Å². The van der Waals surface area contributed by atoms with E-state index in [9.17, 15) is 0 Å². The number of nitrogens with one attached hydrogen (secondary N) is 1. The minimum Gasteiger partial charge on any atom is -0.393 e. The Bertz CT molecular complexity index is 444. The molecule has 0 radical (unpaired) electrons. The highest BCUT2D eigenvalue weighted by atomic mass is 16.5. The molecular formula is C13H21N5O2. The van der Waals surface area contributed by atoms with Crippen molar-refractivity contribution in [3.05, 3.63) is 6.33 Å². The first kappa shape index (κ1) is 13.4. The number of morpholine rings is 1. The fourth-order valence-corrected chi connectivity index (χ4v) is 2.57. The van der Waals surface area contributed by atoms with Gasteiger partial charge in [0.2, 0.25) is 0 Å². The molecule has 2 fully saturated rings. The second kappa shape index (κ2) is 6.23. The van der Waals surface area contributed by atoms with Crippen LogP contribution in [0.4, 0.5) is 17.3 Å². The number of anilines is 3. The van der Waals surface area contributed by atoms with Crippen molar-refractivity contribution in [1.29, 1.82) is 0 Å². The van der Waals surface area contributed by atoms with E-state index in [0.29, 0.717) is 24.7 Å². The van der Waals surface area contributed by atoms with Crippen molar-refractivity contribution in [2.45, 2.75) is 18.9 Å². The van der Waals surface area contributed by atoms with Gasteiger partial charge in [0, 0.05) is 26.2 Å². The Kier molecular flexibility index (Phi) is 4.17. The average Bonchev–Trinajstić information content (AvgIpc) is 3.00. The molecule has 0 saturated carbocycles. The molecule has 1 atom stereocenters. The van der Waals surface area contributed by atoms with Gasteiger partial charge in [0.15, 0.2) is 11.6 Å². The van der Waals surface area contributed by atoms with Crippen molar-refractivity contribution >= 4 is 17.3 Å². The number of nitrogens with zero attached hydrogens (tertiary/aromatic N) is 3. The van der Waals surface area contributed by atoms with Crippen LogP contribution in [0.15, 0.2) is 6.33 Å². The number of hydrogen-bond acceptors (Lipinski definition) is 7. The monoisotopic (exact) mass is 279 g/mol. The van der Waals surface area contributed by atoms with Crippen molar-refractivity contribution < 1.29 is 9.47 Å². The SMILES string of the molecule is Nc1c(NCC2CCCO2)ncnc1N1CCOCC1. The number of rotatable bonds is 4. The largest absolute Gasteiger partial charge is 0.393 e. The lowest BCUT2D eigenvalue weighted by molar-refractivity contribution is 0.120. The Morgan fingerprint density at radius 3 is 2.90 bits per heavy atom. The third-order valence-electron chi connectivity index (χ3n) is 3.69. The molecule has 0 spiro atoms. The maximum Gasteiger partial charge on any atom is 0.157 e. The number of nitrogens with two attached hydrogens (primary N) is 1. The predicted molar refractivity (Wildman–Crippen MR) is 76.9 cm³/mol. The summed E-state index contributed by atoms with van der Waals surface area (Å²) >= 11 is 0. The van der Waals surface area contributed by atoms with Gasteiger partial charge in [-0.3, -0.25) is 0 Å². The van der Waals surface area contributed by atoms with Crippen LogP contribution in [-0.4, -0.2) is 55.5 Å². The first-order valence-electron chi connectivity index (χ1n) is 7.13. The minimum atomic E-state index is 0.260. The Hall–Kier alpha value is -1.60. The second-order valence-electron chi connectivity index (χ2n) is 5.07. The molecule has 1 aromatic rings. The number of ether oxygens (including phenoxy) is 2. The average molecular weight is 279 g/mol. The van der Waals surface area contributed by atoms with Gasteiger partial charge in [-0.1, -0.05) is 0 Å². The molecule has 1 unspecified atom stereocenters. The van der Waals surface area contributed by atoms with Crippen LogP contribution in [0.3, 0.4) is 0 Å². The highest BCUT2D eigenvalue weighted by Gasteiger charge is 2.19. The molecule has 2 aliphatic heterocycles. The summed E-state index contributed by atoms with van der Waals surface area (Å²) in [6.45, 7) is 4.64. The van der Waals surface area contributed by atoms with Gasteiger partial charge in [-0.15, -0.1) is 0 Å². The van der Waals surface area contributed by atoms with Crippen LogP contribution in [0.25, 0.3) is 0 Å². The molecule has 0 aliphatic carbocycles. The number of aromatic nitrogens is 2. The standard InChI is InChI=1S/C13H21N5O2/c14-11-12(15-8-10-2-1-5-20-10)16-9-17-13(11)18-3-6-19-7-4-18/h9-10H,1-8,14H2,(H,15,16,17). The maximum atomic E-state index is 6.19. The van der Waals surface area contributed by atoms with Crippen molar-refractivity contribution in [1.82, 2.24) is 9.97 Å². The van der Waals surface area contributed by atoms with Crippen LogP contribution in [0.2, 0.25) is 0 Å². The molecule has 0 aromatic carbocycles. The van der Waals surface area contributed by atoms with Gasteiger partial charge < -0.3 is 25.4 Å². The van der Waals surface area contributed by atoms with E-state index in [-0.39, 0.29) is 6.10 Å². The zero-order valence-electron chi connectivity index (χ0n) is 11.5. The topological polar surface area (TPSA) is 85.5 Å². The smallest absolute Gasteiger partial charge is 0.157 e. The van der Waals surface area contributed by atoms with E-state index in [1.54, 1.807) is 6.33 Å². The quantitative estimate of drug-likeness (QED) is 0.829. The highest BCUT2D eigenvalue weighted by Crippen LogP contribution is 2.27. The summed E-state index contributed by atoms with van der Waals surface area (Å²) in [4.78, 5) is 10.7. The van der Waals surface area contributed by atoms with Gasteiger partial charge in [-0.25, -0.2) is 9.97 Å². The lowest BCUT2D eigenvalue weighted by Crippen LogP contribution is -2.37. The summed E-state index contributed by atoms with van der Waals surface area (Å²) in [6, 6.07) is 0. The zero-order valence-corrected chi connectivity index (χ0v) is 11.5. The Morgan fingerprint density at radius 1 is 1.30 bits per heavy atom. The van der Waals surface area contributed by atoms with E-state index in [4.69, 9.17) is 15.2 Å². The maximum absolute atomic E-state index is 6.19. The van der Waals surface area contributed by atoms with E-state index in [0.717, 1.165) is 44.9 Å². The molecule has 7 nitrogen and oxygen atoms in total. The van der Waals surface area contributed by atoms with E-state index in [1.807, 2.05) is 0 Å². The third-order valence-corrected chi connectivity index (χ3v) is 3.69. The molecule has 0 amide bonds. The van der Waals surface area contributed by atoms with Crippen molar-refractivity contribution in [3.8, 4) is 0 Å². The molecule has 110 valence electrons. The van der Waals surface area contributed by atoms with Gasteiger partial charge >= 0.3 is 0 Å². The van der Waals surface area contributed by atoms with Crippen LogP contribution in [-0.2, 0) is 9.47 Å². The fourth-order valence-electron chi connectivity index (χ4n) is 2.57. The zero-order chi connectivity index (χ0) is 13.8. The summed E-state index contributed by atoms with van der Waals surface area (Å²) in [5.41, 5.74) is 6.79. The lowest BCUT2D eigenvalue weighted by Gasteiger charge is -2.29. The van der Waals surface area contributed by atoms with Gasteiger partial charge in [0.1, 0.15) is 12.0 Å². The summed E-state index contributed by atoms with van der Waals surface area (Å²) < 4.78 is 10.9. The molecule has 20 heavy (non-hydrogen) atoms. The van der Waals surface area contributed by atoms with Crippen LogP contribution in [0, 0.1) is 0 Å². The molecule has 2 saturated heterocycles. The fraction of sp³-hybridized carbons (Fsp3) is 0.692. The van der Waals surface area contributed by atoms with Crippen molar-refractivity contribution in [3.63, 3.8) is 0 Å². The van der Waals surface area contributed by atoms with Gasteiger partial charge in [0.25, 0.3) is 0 Å². The third kappa shape index (κ3) is 2.94. The van der Waals surface area contributed by atoms with Gasteiger partial charge in [-0.05, 0) is 12.8 Å². The molecule has 3 rings (SSSR count). The van der Waals surface area contributed by atoms with E-state index in [1.165, 1.54) is 0 Å². The first-order valence-corrected chi connectivity index (χ1v) is 7.13. The number of hydrogen-bond donors (Lipinski definition) is 2. The van der Waals surface area contributed by atoms with Crippen molar-refractivity contribution in [2.75, 3.05) is 55.4 Å². The summed E-state index contributed by atoms with van der Waals surface area (Å²) in [6.07, 6.45) is 4.04. The summed E-state index contributed by atoms with van der Waals surface area (Å²) in [5.74, 6) is 1.48. The summed E-state index contributed by atoms with van der Waals surface area (Å²) in [7, 11) is 0. The van der Waals surface area contributed by atoms with Crippen LogP contribution in [0.5, 0.6) is 0 Å². The molecule has 7 heteroatoms. The van der Waals surface area contributed by atoms with Crippen LogP contribution >= 0.6 is 0 Å². The van der Waals surface area contributed by atoms with Gasteiger partial charge in [0.05, 0.1) is 19.3 Å². The normalized spacial score (nSPS) is 23.0. The molecule has 3 heterocycles. The predicted octanol–water partition coefficient (Wildman–Crippen LogP) is 0.486. The Morgan fingerprint density at radius 2 is 2.15 bits per heavy atom. The second-order valence-corrected chi connectivity index (χ2v) is 5.07. The summed E-state index contributed by atoms with van der Waals surface area (Å²) in [5, 5.41) is 3.28. The minimum absolute atomic E-state index is 0.260. The molecule has 0 bridgehead atoms. The Balaban J connectivity index is 1.67. The molecule has 2 aliphatic rings. The highest BCUT2D eigenvalue weighted by molar-refractivity contribution is 5.74. The van der Waals surface area contributed by atoms with E-state index in [2.05, 4.69) is 20.2 Å². The van der Waals surface area contributed by atoms with Crippen LogP contribution < -0.4 is 16.0 Å². The van der Waals surface area contributed by atoms with Gasteiger partial charge in [-0.2, -0.15) is 0 Å². The van der Waals surface area contributed by atoms with E-state index < -0.39 is 0 Å². The lowest BCUT2D eigenvalue weighted by atomic mass is 10.2. The van der Waals surface area contributed by atoms with E-state index >= 15 is 0 Å². The molecule has 3 N–H and O–H groups in total. The molecule has 1 aromatic heterocycles.